The molecule has 1 fully saturated rings. The van der Waals surface area contributed by atoms with Crippen LogP contribution in [-0.4, -0.2) is 13.1 Å². The second kappa shape index (κ2) is 4.82. The van der Waals surface area contributed by atoms with Crippen molar-refractivity contribution in [1.82, 2.24) is 0 Å². The summed E-state index contributed by atoms with van der Waals surface area (Å²) >= 11 is 0. The van der Waals surface area contributed by atoms with Gasteiger partial charge in [-0.3, -0.25) is 0 Å². The third-order valence-corrected chi connectivity index (χ3v) is 4.00. The molecule has 15 heavy (non-hydrogen) atoms. The summed E-state index contributed by atoms with van der Waals surface area (Å²) in [5.74, 6) is 0.240. The molecule has 0 bridgehead atoms. The second-order valence-electron chi connectivity index (χ2n) is 4.69. The van der Waals surface area contributed by atoms with E-state index in [0.717, 1.165) is 18.4 Å². The molecule has 0 N–H and O–H groups in total. The number of carbonyl (C=O) groups is 1. The first-order valence-corrected chi connectivity index (χ1v) is 5.83. The van der Waals surface area contributed by atoms with Crippen molar-refractivity contribution in [1.29, 1.82) is 0 Å². The summed E-state index contributed by atoms with van der Waals surface area (Å²) < 4.78 is 4.85. The molecule has 0 radical (unpaired) electrons. The monoisotopic (exact) mass is 210 g/mol. The molecule has 1 rings (SSSR count). The summed E-state index contributed by atoms with van der Waals surface area (Å²) in [6.07, 6.45) is 6.63. The third-order valence-electron chi connectivity index (χ3n) is 4.00. The summed E-state index contributed by atoms with van der Waals surface area (Å²) in [7, 11) is 1.46. The van der Waals surface area contributed by atoms with E-state index in [1.165, 1.54) is 20.0 Å². The average molecular weight is 210 g/mol. The zero-order valence-electron chi connectivity index (χ0n) is 10.3. The molecule has 0 saturated heterocycles. The van der Waals surface area contributed by atoms with Crippen LogP contribution in [0.1, 0.15) is 46.5 Å². The molecule has 2 atom stereocenters. The van der Waals surface area contributed by atoms with E-state index in [1.807, 2.05) is 13.0 Å². The minimum atomic E-state index is -0.149. The number of hydrogen-bond donors (Lipinski definition) is 0. The first kappa shape index (κ1) is 12.3. The fraction of sp³-hybridized carbons (Fsp3) is 0.769. The van der Waals surface area contributed by atoms with E-state index in [0.29, 0.717) is 5.92 Å². The van der Waals surface area contributed by atoms with Crippen LogP contribution in [0.4, 0.5) is 0 Å². The normalized spacial score (nSPS) is 31.7. The number of allylic oxidation sites excluding steroid dienone is 1. The molecule has 0 spiro atoms. The lowest BCUT2D eigenvalue weighted by atomic mass is 9.74. The van der Waals surface area contributed by atoms with Crippen molar-refractivity contribution in [2.75, 3.05) is 7.11 Å². The summed E-state index contributed by atoms with van der Waals surface area (Å²) in [6.45, 7) is 6.43. The van der Waals surface area contributed by atoms with Gasteiger partial charge in [-0.15, -0.1) is 0 Å². The van der Waals surface area contributed by atoms with E-state index in [2.05, 4.69) is 13.8 Å². The van der Waals surface area contributed by atoms with Crippen molar-refractivity contribution in [3.05, 3.63) is 11.6 Å². The Morgan fingerprint density at radius 3 is 2.73 bits per heavy atom. The van der Waals surface area contributed by atoms with Gasteiger partial charge in [0.05, 0.1) is 7.11 Å². The van der Waals surface area contributed by atoms with Crippen molar-refractivity contribution in [2.45, 2.75) is 46.5 Å². The zero-order valence-corrected chi connectivity index (χ0v) is 10.3. The van der Waals surface area contributed by atoms with Gasteiger partial charge in [0.25, 0.3) is 0 Å². The van der Waals surface area contributed by atoms with E-state index >= 15 is 0 Å². The van der Waals surface area contributed by atoms with Crippen LogP contribution in [-0.2, 0) is 9.53 Å². The summed E-state index contributed by atoms with van der Waals surface area (Å²) in [4.78, 5) is 11.6. The zero-order chi connectivity index (χ0) is 11.5. The van der Waals surface area contributed by atoms with Crippen LogP contribution >= 0.6 is 0 Å². The first-order valence-electron chi connectivity index (χ1n) is 5.83. The SMILES string of the molecule is C/C=C(/C(=O)OC)C1CCC[C@@]1(C)CC. The molecule has 1 aliphatic rings. The van der Waals surface area contributed by atoms with Crippen molar-refractivity contribution >= 4 is 5.97 Å². The number of hydrogen-bond acceptors (Lipinski definition) is 2. The smallest absolute Gasteiger partial charge is 0.333 e. The molecule has 0 heterocycles. The van der Waals surface area contributed by atoms with E-state index in [9.17, 15) is 4.79 Å². The highest BCUT2D eigenvalue weighted by atomic mass is 16.5. The first-order chi connectivity index (χ1) is 7.09. The minimum absolute atomic E-state index is 0.149. The highest BCUT2D eigenvalue weighted by Crippen LogP contribution is 2.49. The number of methoxy groups -OCH3 is 1. The van der Waals surface area contributed by atoms with Crippen molar-refractivity contribution in [3.8, 4) is 0 Å². The quantitative estimate of drug-likeness (QED) is 0.527. The molecule has 0 aromatic heterocycles. The van der Waals surface area contributed by atoms with Gasteiger partial charge in [-0.25, -0.2) is 4.79 Å². The standard InChI is InChI=1S/C13H22O2/c1-5-10(12(14)15-4)11-8-7-9-13(11,3)6-2/h5,11H,6-9H2,1-4H3/b10-5+/t11?,13-/m1/s1. The predicted molar refractivity (Wildman–Crippen MR) is 61.5 cm³/mol. The van der Waals surface area contributed by atoms with Crippen LogP contribution in [0.5, 0.6) is 0 Å². The molecule has 1 saturated carbocycles. The Morgan fingerprint density at radius 1 is 1.60 bits per heavy atom. The Labute approximate surface area is 92.7 Å². The number of rotatable bonds is 3. The Morgan fingerprint density at radius 2 is 2.27 bits per heavy atom. The van der Waals surface area contributed by atoms with Crippen molar-refractivity contribution < 1.29 is 9.53 Å². The highest BCUT2D eigenvalue weighted by molar-refractivity contribution is 5.89. The Hall–Kier alpha value is -0.790. The summed E-state index contributed by atoms with van der Waals surface area (Å²) in [6, 6.07) is 0. The second-order valence-corrected chi connectivity index (χ2v) is 4.69. The third kappa shape index (κ3) is 2.24. The number of ether oxygens (including phenoxy) is 1. The largest absolute Gasteiger partial charge is 0.466 e. The highest BCUT2D eigenvalue weighted by Gasteiger charge is 2.41. The van der Waals surface area contributed by atoms with E-state index in [4.69, 9.17) is 4.74 Å². The summed E-state index contributed by atoms with van der Waals surface area (Å²) in [5, 5.41) is 0. The van der Waals surface area contributed by atoms with E-state index in [1.54, 1.807) is 0 Å². The predicted octanol–water partition coefficient (Wildman–Crippen LogP) is 3.32. The lowest BCUT2D eigenvalue weighted by Crippen LogP contribution is -2.26. The van der Waals surface area contributed by atoms with Crippen LogP contribution in [0.15, 0.2) is 11.6 Å². The Balaban J connectivity index is 2.90. The van der Waals surface area contributed by atoms with Gasteiger partial charge in [0.15, 0.2) is 0 Å². The van der Waals surface area contributed by atoms with Gasteiger partial charge >= 0.3 is 5.97 Å². The average Bonchev–Trinajstić information content (AvgIpc) is 2.63. The van der Waals surface area contributed by atoms with Gasteiger partial charge in [-0.2, -0.15) is 0 Å². The molecular weight excluding hydrogens is 188 g/mol. The van der Waals surface area contributed by atoms with E-state index < -0.39 is 0 Å². The lowest BCUT2D eigenvalue weighted by molar-refractivity contribution is -0.137. The van der Waals surface area contributed by atoms with Gasteiger partial charge in [-0.1, -0.05) is 32.8 Å². The topological polar surface area (TPSA) is 26.3 Å². The number of carbonyl (C=O) groups excluding carboxylic acids is 1. The maximum absolute atomic E-state index is 11.6. The van der Waals surface area contributed by atoms with Gasteiger partial charge < -0.3 is 4.74 Å². The van der Waals surface area contributed by atoms with Gasteiger partial charge in [0.2, 0.25) is 0 Å². The molecule has 1 unspecified atom stereocenters. The van der Waals surface area contributed by atoms with Crippen LogP contribution in [0.25, 0.3) is 0 Å². The van der Waals surface area contributed by atoms with Crippen molar-refractivity contribution in [2.24, 2.45) is 11.3 Å². The Kier molecular flexibility index (Phi) is 3.95. The molecule has 0 amide bonds. The fourth-order valence-electron chi connectivity index (χ4n) is 2.77. The lowest BCUT2D eigenvalue weighted by Gasteiger charge is -2.31. The van der Waals surface area contributed by atoms with Gasteiger partial charge in [-0.05, 0) is 31.1 Å². The van der Waals surface area contributed by atoms with Crippen LogP contribution < -0.4 is 0 Å². The van der Waals surface area contributed by atoms with Gasteiger partial charge in [0.1, 0.15) is 0 Å². The molecule has 0 aromatic carbocycles. The minimum Gasteiger partial charge on any atom is -0.466 e. The van der Waals surface area contributed by atoms with Gasteiger partial charge in [0, 0.05) is 5.57 Å². The molecular formula is C13H22O2. The number of esters is 1. The van der Waals surface area contributed by atoms with E-state index in [-0.39, 0.29) is 11.4 Å². The molecule has 86 valence electrons. The molecule has 0 aromatic rings. The van der Waals surface area contributed by atoms with Crippen LogP contribution in [0.3, 0.4) is 0 Å². The Bertz CT molecular complexity index is 268. The van der Waals surface area contributed by atoms with Crippen molar-refractivity contribution in [3.63, 3.8) is 0 Å². The maximum atomic E-state index is 11.6. The molecule has 1 aliphatic carbocycles. The molecule has 2 nitrogen and oxygen atoms in total. The summed E-state index contributed by atoms with van der Waals surface area (Å²) in [5.41, 5.74) is 1.16. The van der Waals surface area contributed by atoms with Crippen LogP contribution in [0, 0.1) is 11.3 Å². The molecule has 0 aliphatic heterocycles. The molecule has 2 heteroatoms. The maximum Gasteiger partial charge on any atom is 0.333 e. The van der Waals surface area contributed by atoms with Crippen LogP contribution in [0.2, 0.25) is 0 Å². The fourth-order valence-corrected chi connectivity index (χ4v) is 2.77.